The van der Waals surface area contributed by atoms with Crippen molar-refractivity contribution in [2.75, 3.05) is 32.2 Å². The number of anilines is 1. The van der Waals surface area contributed by atoms with Gasteiger partial charge in [0.25, 0.3) is 0 Å². The predicted molar refractivity (Wildman–Crippen MR) is 78.4 cm³/mol. The molecule has 2 atom stereocenters. The molecule has 2 rings (SSSR count). The van der Waals surface area contributed by atoms with E-state index in [2.05, 4.69) is 10.00 Å². The lowest BCUT2D eigenvalue weighted by Crippen LogP contribution is -2.27. The van der Waals surface area contributed by atoms with Crippen LogP contribution in [-0.4, -0.2) is 60.4 Å². The van der Waals surface area contributed by atoms with Crippen LogP contribution in [0.25, 0.3) is 6.08 Å². The maximum Gasteiger partial charge on any atom is 0.328 e. The number of carboxylic acid groups (broad SMARTS) is 1. The van der Waals surface area contributed by atoms with Crippen molar-refractivity contribution in [1.29, 1.82) is 0 Å². The first kappa shape index (κ1) is 15.5. The summed E-state index contributed by atoms with van der Waals surface area (Å²) >= 11 is 0. The molecule has 0 radical (unpaired) electrons. The fraction of sp³-hybridized carbons (Fsp3) is 0.571. The maximum atomic E-state index is 10.8. The molecule has 1 aromatic rings. The van der Waals surface area contributed by atoms with Crippen LogP contribution in [0, 0.1) is 6.92 Å². The Balaban J connectivity index is 2.34. The van der Waals surface area contributed by atoms with Crippen LogP contribution in [0.2, 0.25) is 0 Å². The highest BCUT2D eigenvalue weighted by molar-refractivity contribution is 5.87. The first-order valence-electron chi connectivity index (χ1n) is 6.73. The van der Waals surface area contributed by atoms with E-state index in [0.717, 1.165) is 23.2 Å². The summed E-state index contributed by atoms with van der Waals surface area (Å²) in [6, 6.07) is 0. The Morgan fingerprint density at radius 2 is 1.90 bits per heavy atom. The van der Waals surface area contributed by atoms with Crippen molar-refractivity contribution in [3.63, 3.8) is 0 Å². The van der Waals surface area contributed by atoms with Crippen LogP contribution in [0.15, 0.2) is 6.08 Å². The van der Waals surface area contributed by atoms with Crippen molar-refractivity contribution in [2.24, 2.45) is 7.05 Å². The van der Waals surface area contributed by atoms with Crippen molar-refractivity contribution in [1.82, 2.24) is 9.78 Å². The van der Waals surface area contributed by atoms with Gasteiger partial charge in [-0.2, -0.15) is 5.10 Å². The number of aliphatic carboxylic acids is 1. The van der Waals surface area contributed by atoms with Crippen molar-refractivity contribution < 1.29 is 19.4 Å². The van der Waals surface area contributed by atoms with Crippen LogP contribution >= 0.6 is 0 Å². The number of hydrogen-bond acceptors (Lipinski definition) is 5. The van der Waals surface area contributed by atoms with Gasteiger partial charge in [-0.25, -0.2) is 4.79 Å². The zero-order valence-corrected chi connectivity index (χ0v) is 12.7. The Morgan fingerprint density at radius 1 is 1.33 bits per heavy atom. The Bertz CT molecular complexity index is 541. The summed E-state index contributed by atoms with van der Waals surface area (Å²) < 4.78 is 12.7. The van der Waals surface area contributed by atoms with E-state index in [0.29, 0.717) is 13.1 Å². The smallest absolute Gasteiger partial charge is 0.328 e. The van der Waals surface area contributed by atoms with E-state index < -0.39 is 5.97 Å². The summed E-state index contributed by atoms with van der Waals surface area (Å²) in [5, 5.41) is 13.2. The normalized spacial score (nSPS) is 22.4. The van der Waals surface area contributed by atoms with Gasteiger partial charge in [0, 0.05) is 46.0 Å². The molecule has 2 unspecified atom stereocenters. The Morgan fingerprint density at radius 3 is 2.38 bits per heavy atom. The highest BCUT2D eigenvalue weighted by Gasteiger charge is 2.35. The van der Waals surface area contributed by atoms with Crippen molar-refractivity contribution in [3.8, 4) is 0 Å². The molecule has 7 nitrogen and oxygen atoms in total. The van der Waals surface area contributed by atoms with E-state index in [1.165, 1.54) is 0 Å². The third kappa shape index (κ3) is 3.08. The number of aryl methyl sites for hydroxylation is 2. The fourth-order valence-corrected chi connectivity index (χ4v) is 2.76. The third-order valence-electron chi connectivity index (χ3n) is 3.75. The van der Waals surface area contributed by atoms with Crippen LogP contribution in [0.5, 0.6) is 0 Å². The molecule has 1 saturated heterocycles. The Kier molecular flexibility index (Phi) is 4.64. The SMILES string of the molecule is COC1CN(c2c(/C=C/C(=O)O)c(C)nn2C)CC1OC. The fourth-order valence-electron chi connectivity index (χ4n) is 2.76. The summed E-state index contributed by atoms with van der Waals surface area (Å²) in [6.07, 6.45) is 2.69. The Hall–Kier alpha value is -1.86. The van der Waals surface area contributed by atoms with Crippen LogP contribution in [0.1, 0.15) is 11.3 Å². The zero-order valence-electron chi connectivity index (χ0n) is 12.7. The van der Waals surface area contributed by atoms with Gasteiger partial charge in [-0.05, 0) is 13.0 Å². The lowest BCUT2D eigenvalue weighted by atomic mass is 10.2. The lowest BCUT2D eigenvalue weighted by Gasteiger charge is -2.19. The molecular weight excluding hydrogens is 274 g/mol. The van der Waals surface area contributed by atoms with Gasteiger partial charge in [-0.3, -0.25) is 4.68 Å². The van der Waals surface area contributed by atoms with Gasteiger partial charge in [-0.15, -0.1) is 0 Å². The highest BCUT2D eigenvalue weighted by atomic mass is 16.5. The maximum absolute atomic E-state index is 10.8. The molecule has 0 bridgehead atoms. The Labute approximate surface area is 123 Å². The van der Waals surface area contributed by atoms with E-state index in [4.69, 9.17) is 14.6 Å². The molecular formula is C14H21N3O4. The molecule has 0 saturated carbocycles. The number of methoxy groups -OCH3 is 2. The second kappa shape index (κ2) is 6.28. The summed E-state index contributed by atoms with van der Waals surface area (Å²) in [5.41, 5.74) is 1.60. The number of nitrogens with zero attached hydrogens (tertiary/aromatic N) is 3. The van der Waals surface area contributed by atoms with Crippen LogP contribution < -0.4 is 4.90 Å². The van der Waals surface area contributed by atoms with Crippen LogP contribution in [0.3, 0.4) is 0 Å². The minimum Gasteiger partial charge on any atom is -0.478 e. The average Bonchev–Trinajstić information content (AvgIpc) is 2.96. The molecule has 7 heteroatoms. The van der Waals surface area contributed by atoms with Gasteiger partial charge >= 0.3 is 5.97 Å². The van der Waals surface area contributed by atoms with E-state index in [-0.39, 0.29) is 12.2 Å². The number of hydrogen-bond donors (Lipinski definition) is 1. The van der Waals surface area contributed by atoms with E-state index in [9.17, 15) is 4.79 Å². The number of rotatable bonds is 5. The molecule has 1 N–H and O–H groups in total. The van der Waals surface area contributed by atoms with Crippen molar-refractivity contribution in [2.45, 2.75) is 19.1 Å². The molecule has 0 spiro atoms. The van der Waals surface area contributed by atoms with Gasteiger partial charge < -0.3 is 19.5 Å². The first-order chi connectivity index (χ1) is 9.97. The molecule has 1 aromatic heterocycles. The molecule has 1 aliphatic heterocycles. The van der Waals surface area contributed by atoms with Gasteiger partial charge in [0.15, 0.2) is 0 Å². The van der Waals surface area contributed by atoms with Crippen molar-refractivity contribution in [3.05, 3.63) is 17.3 Å². The van der Waals surface area contributed by atoms with Crippen molar-refractivity contribution >= 4 is 17.9 Å². The number of carboxylic acids is 1. The average molecular weight is 295 g/mol. The van der Waals surface area contributed by atoms with E-state index in [1.54, 1.807) is 25.0 Å². The topological polar surface area (TPSA) is 76.8 Å². The van der Waals surface area contributed by atoms with Gasteiger partial charge in [-0.1, -0.05) is 0 Å². The van der Waals surface area contributed by atoms with Gasteiger partial charge in [0.1, 0.15) is 18.0 Å². The van der Waals surface area contributed by atoms with Crippen LogP contribution in [-0.2, 0) is 21.3 Å². The first-order valence-corrected chi connectivity index (χ1v) is 6.73. The molecule has 21 heavy (non-hydrogen) atoms. The quantitative estimate of drug-likeness (QED) is 0.805. The van der Waals surface area contributed by atoms with Gasteiger partial charge in [0.05, 0.1) is 5.69 Å². The second-order valence-corrected chi connectivity index (χ2v) is 5.07. The lowest BCUT2D eigenvalue weighted by molar-refractivity contribution is -0.131. The largest absolute Gasteiger partial charge is 0.478 e. The van der Waals surface area contributed by atoms with Crippen LogP contribution in [0.4, 0.5) is 5.82 Å². The molecule has 1 fully saturated rings. The monoisotopic (exact) mass is 295 g/mol. The summed E-state index contributed by atoms with van der Waals surface area (Å²) in [7, 11) is 5.18. The molecule has 0 amide bonds. The summed E-state index contributed by atoms with van der Waals surface area (Å²) in [6.45, 7) is 3.23. The minimum absolute atomic E-state index is 0.0125. The molecule has 116 valence electrons. The third-order valence-corrected chi connectivity index (χ3v) is 3.75. The second-order valence-electron chi connectivity index (χ2n) is 5.07. The minimum atomic E-state index is -0.977. The number of carbonyl (C=O) groups is 1. The molecule has 1 aliphatic rings. The summed E-state index contributed by atoms with van der Waals surface area (Å²) in [4.78, 5) is 12.9. The molecule has 2 heterocycles. The van der Waals surface area contributed by atoms with Gasteiger partial charge in [0.2, 0.25) is 0 Å². The highest BCUT2D eigenvalue weighted by Crippen LogP contribution is 2.29. The number of ether oxygens (including phenoxy) is 2. The number of aromatic nitrogens is 2. The molecule has 0 aliphatic carbocycles. The predicted octanol–water partition coefficient (Wildman–Crippen LogP) is 0.676. The van der Waals surface area contributed by atoms with E-state index >= 15 is 0 Å². The standard InChI is InChI=1S/C14H21N3O4/c1-9-10(5-6-13(18)19)14(16(2)15-9)17-7-11(20-3)12(8-17)21-4/h5-6,11-12H,7-8H2,1-4H3,(H,18,19)/b6-5+. The summed E-state index contributed by atoms with van der Waals surface area (Å²) in [5.74, 6) is -0.0956. The zero-order chi connectivity index (χ0) is 15.6. The molecule has 0 aromatic carbocycles. The van der Waals surface area contributed by atoms with E-state index in [1.807, 2.05) is 14.0 Å².